The fraction of sp³-hybridized carbons (Fsp3) is 0.500. The van der Waals surface area contributed by atoms with Crippen LogP contribution in [-0.4, -0.2) is 63.9 Å². The van der Waals surface area contributed by atoms with E-state index in [1.54, 1.807) is 6.20 Å². The molecule has 0 aliphatic carbocycles. The number of nitrogens with zero attached hydrogens (tertiary/aromatic N) is 3. The van der Waals surface area contributed by atoms with Crippen molar-refractivity contribution >= 4 is 27.5 Å². The van der Waals surface area contributed by atoms with Crippen LogP contribution in [0, 0.1) is 0 Å². The van der Waals surface area contributed by atoms with Crippen molar-refractivity contribution in [2.24, 2.45) is 0 Å². The third-order valence-corrected chi connectivity index (χ3v) is 6.57. The van der Waals surface area contributed by atoms with Gasteiger partial charge in [-0.25, -0.2) is 4.98 Å². The number of aromatic nitrogens is 3. The smallest absolute Gasteiger partial charge is 0.261 e. The van der Waals surface area contributed by atoms with Crippen molar-refractivity contribution < 1.29 is 14.6 Å². The zero-order valence-corrected chi connectivity index (χ0v) is 19.0. The van der Waals surface area contributed by atoms with Gasteiger partial charge in [0.25, 0.3) is 5.91 Å². The molecule has 1 atom stereocenters. The Hall–Kier alpha value is -2.33. The molecule has 3 N–H and O–H groups in total. The lowest BCUT2D eigenvalue weighted by atomic mass is 9.89. The largest absolute Gasteiger partial charge is 0.395 e. The van der Waals surface area contributed by atoms with E-state index >= 15 is 0 Å². The fourth-order valence-corrected chi connectivity index (χ4v) is 5.14. The van der Waals surface area contributed by atoms with E-state index in [9.17, 15) is 4.79 Å². The number of nitrogens with one attached hydrogen (secondary N) is 2. The number of pyridine rings is 1. The molecule has 166 valence electrons. The molecule has 1 aliphatic heterocycles. The van der Waals surface area contributed by atoms with Crippen LogP contribution in [0.4, 0.5) is 0 Å². The number of carbonyl (C=O) groups excluding carboxylic acids is 1. The highest BCUT2D eigenvalue weighted by Crippen LogP contribution is 2.37. The summed E-state index contributed by atoms with van der Waals surface area (Å²) in [4.78, 5) is 21.0. The predicted molar refractivity (Wildman–Crippen MR) is 120 cm³/mol. The van der Waals surface area contributed by atoms with Crippen LogP contribution in [0.2, 0.25) is 0 Å². The minimum atomic E-state index is -0.230. The van der Waals surface area contributed by atoms with Crippen molar-refractivity contribution in [1.29, 1.82) is 0 Å². The van der Waals surface area contributed by atoms with Gasteiger partial charge in [0.15, 0.2) is 0 Å². The summed E-state index contributed by atoms with van der Waals surface area (Å²) in [5, 5.41) is 20.2. The number of aliphatic hydroxyl groups excluding tert-OH is 1. The molecule has 1 fully saturated rings. The quantitative estimate of drug-likeness (QED) is 0.541. The summed E-state index contributed by atoms with van der Waals surface area (Å²) in [6.07, 6.45) is 3.41. The number of H-pyrrole nitrogens is 1. The van der Waals surface area contributed by atoms with Gasteiger partial charge in [-0.2, -0.15) is 5.10 Å². The third kappa shape index (κ3) is 4.64. The van der Waals surface area contributed by atoms with E-state index < -0.39 is 0 Å². The molecule has 9 heteroatoms. The maximum Gasteiger partial charge on any atom is 0.261 e. The summed E-state index contributed by atoms with van der Waals surface area (Å²) < 4.78 is 6.16. The van der Waals surface area contributed by atoms with Gasteiger partial charge in [-0.15, -0.1) is 11.3 Å². The van der Waals surface area contributed by atoms with Crippen molar-refractivity contribution in [2.45, 2.75) is 38.8 Å². The van der Waals surface area contributed by atoms with Gasteiger partial charge >= 0.3 is 0 Å². The van der Waals surface area contributed by atoms with Crippen LogP contribution in [0.25, 0.3) is 10.2 Å². The molecule has 4 rings (SSSR count). The van der Waals surface area contributed by atoms with Crippen molar-refractivity contribution in [3.8, 4) is 0 Å². The Kier molecular flexibility index (Phi) is 6.38. The summed E-state index contributed by atoms with van der Waals surface area (Å²) in [5.74, 6) is -0.197. The minimum Gasteiger partial charge on any atom is -0.395 e. The molecule has 4 heterocycles. The number of fused-ring (bicyclic) bond motifs is 1. The Bertz CT molecular complexity index is 1060. The van der Waals surface area contributed by atoms with Crippen LogP contribution in [0.5, 0.6) is 0 Å². The number of aromatic amines is 1. The molecule has 1 aliphatic rings. The highest BCUT2D eigenvalue weighted by atomic mass is 32.1. The highest BCUT2D eigenvalue weighted by molar-refractivity contribution is 7.20. The molecule has 1 amide bonds. The van der Waals surface area contributed by atoms with Gasteiger partial charge < -0.3 is 15.2 Å². The summed E-state index contributed by atoms with van der Waals surface area (Å²) in [5.41, 5.74) is 3.21. The van der Waals surface area contributed by atoms with E-state index in [1.807, 2.05) is 18.3 Å². The molecule has 1 saturated heterocycles. The van der Waals surface area contributed by atoms with Gasteiger partial charge in [-0.05, 0) is 6.07 Å². The maximum atomic E-state index is 12.8. The van der Waals surface area contributed by atoms with E-state index in [-0.39, 0.29) is 30.6 Å². The lowest BCUT2D eigenvalue weighted by molar-refractivity contribution is -0.0324. The summed E-state index contributed by atoms with van der Waals surface area (Å²) in [7, 11) is 0. The van der Waals surface area contributed by atoms with Gasteiger partial charge in [0.1, 0.15) is 9.71 Å². The number of hydrogen-bond donors (Lipinski definition) is 3. The Morgan fingerprint density at radius 2 is 2.29 bits per heavy atom. The Morgan fingerprint density at radius 3 is 3.06 bits per heavy atom. The SMILES string of the molecule is CC(C)(C)c1[nH]ncc1CN1CCO[C@@H](c2c(C(=O)NCCO)sc3ncccc23)C1. The monoisotopic (exact) mass is 443 g/mol. The molecule has 0 aromatic carbocycles. The maximum absolute atomic E-state index is 12.8. The lowest BCUT2D eigenvalue weighted by Gasteiger charge is -2.33. The second kappa shape index (κ2) is 9.04. The van der Waals surface area contributed by atoms with Crippen molar-refractivity contribution in [3.05, 3.63) is 46.2 Å². The molecule has 0 saturated carbocycles. The van der Waals surface area contributed by atoms with Crippen LogP contribution in [0.3, 0.4) is 0 Å². The van der Waals surface area contributed by atoms with Crippen molar-refractivity contribution in [3.63, 3.8) is 0 Å². The van der Waals surface area contributed by atoms with Gasteiger partial charge in [-0.1, -0.05) is 26.8 Å². The Labute approximate surface area is 185 Å². The van der Waals surface area contributed by atoms with Crippen LogP contribution in [0.1, 0.15) is 53.4 Å². The van der Waals surface area contributed by atoms with Crippen LogP contribution in [-0.2, 0) is 16.7 Å². The molecule has 0 spiro atoms. The second-order valence-corrected chi connectivity index (χ2v) is 9.79. The average molecular weight is 444 g/mol. The Balaban J connectivity index is 1.61. The number of amides is 1. The standard InChI is InChI=1S/C22H29N5O3S/c1-22(2,3)19-14(11-25-26-19)12-27-8-10-30-16(13-27)17-15-5-4-6-24-21(15)31-18(17)20(29)23-7-9-28/h4-6,11,16,28H,7-10,12-13H2,1-3H3,(H,23,29)(H,25,26)/t16-/m1/s1. The van der Waals surface area contributed by atoms with Gasteiger partial charge in [-0.3, -0.25) is 14.8 Å². The molecule has 0 bridgehead atoms. The molecule has 0 radical (unpaired) electrons. The van der Waals surface area contributed by atoms with E-state index in [0.717, 1.165) is 34.6 Å². The zero-order chi connectivity index (χ0) is 22.0. The van der Waals surface area contributed by atoms with Crippen LogP contribution >= 0.6 is 11.3 Å². The van der Waals surface area contributed by atoms with E-state index in [1.165, 1.54) is 16.9 Å². The van der Waals surface area contributed by atoms with E-state index in [0.29, 0.717) is 18.0 Å². The molecule has 0 unspecified atom stereocenters. The number of hydrogen-bond acceptors (Lipinski definition) is 7. The number of thiophene rings is 1. The second-order valence-electron chi connectivity index (χ2n) is 8.80. The Morgan fingerprint density at radius 1 is 1.45 bits per heavy atom. The lowest BCUT2D eigenvalue weighted by Crippen LogP contribution is -2.39. The average Bonchev–Trinajstić information content (AvgIpc) is 3.36. The number of morpholine rings is 1. The van der Waals surface area contributed by atoms with Crippen molar-refractivity contribution in [2.75, 3.05) is 32.8 Å². The molecule has 3 aromatic rings. The fourth-order valence-electron chi connectivity index (χ4n) is 4.03. The number of carbonyl (C=O) groups is 1. The first-order valence-electron chi connectivity index (χ1n) is 10.5. The first-order valence-corrected chi connectivity index (χ1v) is 11.3. The number of aliphatic hydroxyl groups is 1. The van der Waals surface area contributed by atoms with E-state index in [4.69, 9.17) is 9.84 Å². The summed E-state index contributed by atoms with van der Waals surface area (Å²) in [6, 6.07) is 3.88. The zero-order valence-electron chi connectivity index (χ0n) is 18.1. The van der Waals surface area contributed by atoms with E-state index in [2.05, 4.69) is 46.2 Å². The predicted octanol–water partition coefficient (Wildman–Crippen LogP) is 2.61. The molecular formula is C22H29N5O3S. The van der Waals surface area contributed by atoms with Gasteiger partial charge in [0.05, 0.1) is 25.5 Å². The third-order valence-electron chi connectivity index (χ3n) is 5.44. The highest BCUT2D eigenvalue weighted by Gasteiger charge is 2.31. The van der Waals surface area contributed by atoms with Crippen LogP contribution < -0.4 is 5.32 Å². The van der Waals surface area contributed by atoms with Crippen LogP contribution in [0.15, 0.2) is 24.5 Å². The minimum absolute atomic E-state index is 0.00921. The topological polar surface area (TPSA) is 103 Å². The number of ether oxygens (including phenoxy) is 1. The first-order chi connectivity index (χ1) is 14.9. The molecule has 3 aromatic heterocycles. The van der Waals surface area contributed by atoms with Crippen molar-refractivity contribution in [1.82, 2.24) is 25.4 Å². The summed E-state index contributed by atoms with van der Waals surface area (Å²) >= 11 is 1.37. The molecular weight excluding hydrogens is 414 g/mol. The van der Waals surface area contributed by atoms with Gasteiger partial charge in [0.2, 0.25) is 0 Å². The summed E-state index contributed by atoms with van der Waals surface area (Å²) in [6.45, 7) is 9.49. The normalized spacial score (nSPS) is 17.9. The van der Waals surface area contributed by atoms with Gasteiger partial charge in [0, 0.05) is 60.0 Å². The first kappa shape index (κ1) is 21.9. The molecule has 31 heavy (non-hydrogen) atoms. The molecule has 8 nitrogen and oxygen atoms in total. The number of rotatable bonds is 6.